The number of hydrogen-bond donors (Lipinski definition) is 1. The van der Waals surface area contributed by atoms with Gasteiger partial charge in [0.15, 0.2) is 0 Å². The zero-order chi connectivity index (χ0) is 11.5. The molecule has 0 aliphatic carbocycles. The molecule has 0 atom stereocenters. The predicted octanol–water partition coefficient (Wildman–Crippen LogP) is 1.16. The molecule has 1 heterocycles. The van der Waals surface area contributed by atoms with Crippen molar-refractivity contribution in [1.82, 2.24) is 9.55 Å². The molecule has 0 saturated heterocycles. The van der Waals surface area contributed by atoms with Crippen LogP contribution in [0, 0.1) is 0 Å². The van der Waals surface area contributed by atoms with Crippen LogP contribution in [-0.2, 0) is 16.6 Å². The van der Waals surface area contributed by atoms with Crippen LogP contribution in [0.15, 0.2) is 24.5 Å². The number of carbonyl (C=O) groups excluding carboxylic acids is 1. The van der Waals surface area contributed by atoms with Crippen molar-refractivity contribution in [3.05, 3.63) is 24.5 Å². The lowest BCUT2D eigenvalue weighted by Gasteiger charge is -2.04. The number of imidazole rings is 1. The van der Waals surface area contributed by atoms with Crippen molar-refractivity contribution < 1.29 is 9.53 Å². The summed E-state index contributed by atoms with van der Waals surface area (Å²) in [4.78, 5) is 15.2. The first kappa shape index (κ1) is 10.5. The van der Waals surface area contributed by atoms with E-state index in [9.17, 15) is 4.79 Å². The minimum atomic E-state index is -0.291. The number of carbonyl (C=O) groups is 1. The molecule has 0 unspecified atom stereocenters. The summed E-state index contributed by atoms with van der Waals surface area (Å²) in [6.07, 6.45) is 1.76. The molecule has 0 bridgehead atoms. The zero-order valence-electron chi connectivity index (χ0n) is 9.23. The van der Waals surface area contributed by atoms with Crippen LogP contribution in [0.25, 0.3) is 11.0 Å². The zero-order valence-corrected chi connectivity index (χ0v) is 9.23. The molecule has 5 nitrogen and oxygen atoms in total. The molecule has 0 radical (unpaired) electrons. The Hall–Kier alpha value is -2.04. The normalized spacial score (nSPS) is 10.4. The van der Waals surface area contributed by atoms with Crippen LogP contribution in [0.1, 0.15) is 0 Å². The average Bonchev–Trinajstić information content (AvgIpc) is 2.67. The van der Waals surface area contributed by atoms with Crippen molar-refractivity contribution in [3.63, 3.8) is 0 Å². The number of anilines is 1. The molecule has 2 aromatic rings. The Balaban J connectivity index is 2.17. The van der Waals surface area contributed by atoms with Crippen LogP contribution in [0.4, 0.5) is 5.69 Å². The lowest BCUT2D eigenvalue weighted by atomic mass is 10.2. The van der Waals surface area contributed by atoms with Crippen LogP contribution in [-0.4, -0.2) is 29.2 Å². The third-order valence-corrected chi connectivity index (χ3v) is 2.39. The Kier molecular flexibility index (Phi) is 2.76. The molecule has 0 aliphatic rings. The number of esters is 1. The smallest absolute Gasteiger partial charge is 0.325 e. The summed E-state index contributed by atoms with van der Waals surface area (Å²) >= 11 is 0. The minimum absolute atomic E-state index is 0.162. The van der Waals surface area contributed by atoms with Crippen molar-refractivity contribution in [3.8, 4) is 0 Å². The van der Waals surface area contributed by atoms with E-state index >= 15 is 0 Å². The van der Waals surface area contributed by atoms with E-state index in [1.807, 2.05) is 29.8 Å². The van der Waals surface area contributed by atoms with Crippen LogP contribution in [0.5, 0.6) is 0 Å². The second-order valence-corrected chi connectivity index (χ2v) is 3.49. The number of fused-ring (bicyclic) bond motifs is 1. The van der Waals surface area contributed by atoms with Gasteiger partial charge in [0.2, 0.25) is 0 Å². The largest absolute Gasteiger partial charge is 0.468 e. The number of ether oxygens (including phenoxy) is 1. The molecule has 1 N–H and O–H groups in total. The van der Waals surface area contributed by atoms with Gasteiger partial charge in [-0.3, -0.25) is 4.79 Å². The number of nitrogens with one attached hydrogen (secondary N) is 1. The van der Waals surface area contributed by atoms with Crippen LogP contribution < -0.4 is 5.32 Å². The number of aryl methyl sites for hydroxylation is 1. The molecular formula is C11H13N3O2. The second-order valence-electron chi connectivity index (χ2n) is 3.49. The number of benzene rings is 1. The van der Waals surface area contributed by atoms with Crippen LogP contribution in [0.2, 0.25) is 0 Å². The molecule has 16 heavy (non-hydrogen) atoms. The molecule has 0 spiro atoms. The maximum Gasteiger partial charge on any atom is 0.325 e. The first-order valence-corrected chi connectivity index (χ1v) is 4.92. The number of hydrogen-bond acceptors (Lipinski definition) is 4. The lowest BCUT2D eigenvalue weighted by molar-refractivity contribution is -0.138. The number of rotatable bonds is 3. The van der Waals surface area contributed by atoms with E-state index in [0.717, 1.165) is 16.7 Å². The van der Waals surface area contributed by atoms with E-state index in [1.54, 1.807) is 6.33 Å². The Morgan fingerprint density at radius 2 is 2.38 bits per heavy atom. The summed E-state index contributed by atoms with van der Waals surface area (Å²) < 4.78 is 6.49. The Labute approximate surface area is 93.0 Å². The quantitative estimate of drug-likeness (QED) is 0.787. The number of methoxy groups -OCH3 is 1. The molecule has 2 rings (SSSR count). The summed E-state index contributed by atoms with van der Waals surface area (Å²) in [5.41, 5.74) is 2.82. The molecule has 1 aromatic carbocycles. The number of aromatic nitrogens is 2. The summed E-state index contributed by atoms with van der Waals surface area (Å²) in [7, 11) is 3.31. The summed E-state index contributed by atoms with van der Waals surface area (Å²) in [6.45, 7) is 0.162. The van der Waals surface area contributed by atoms with E-state index in [1.165, 1.54) is 7.11 Å². The molecule has 84 valence electrons. The van der Waals surface area contributed by atoms with Crippen LogP contribution >= 0.6 is 0 Å². The fraction of sp³-hybridized carbons (Fsp3) is 0.273. The lowest BCUT2D eigenvalue weighted by Crippen LogP contribution is -2.14. The molecule has 1 aromatic heterocycles. The van der Waals surface area contributed by atoms with E-state index < -0.39 is 0 Å². The maximum absolute atomic E-state index is 10.9. The van der Waals surface area contributed by atoms with E-state index in [2.05, 4.69) is 15.0 Å². The summed E-state index contributed by atoms with van der Waals surface area (Å²) in [6, 6.07) is 5.77. The third kappa shape index (κ3) is 1.98. The molecule has 5 heteroatoms. The average molecular weight is 219 g/mol. The highest BCUT2D eigenvalue weighted by Gasteiger charge is 2.03. The molecular weight excluding hydrogens is 206 g/mol. The van der Waals surface area contributed by atoms with Crippen molar-refractivity contribution in [1.29, 1.82) is 0 Å². The van der Waals surface area contributed by atoms with Gasteiger partial charge in [0, 0.05) is 12.7 Å². The van der Waals surface area contributed by atoms with Gasteiger partial charge in [0.05, 0.1) is 24.5 Å². The van der Waals surface area contributed by atoms with Gasteiger partial charge >= 0.3 is 5.97 Å². The second kappa shape index (κ2) is 4.22. The van der Waals surface area contributed by atoms with Crippen molar-refractivity contribution in [2.75, 3.05) is 19.0 Å². The Morgan fingerprint density at radius 3 is 3.12 bits per heavy atom. The molecule has 0 saturated carbocycles. The topological polar surface area (TPSA) is 56.1 Å². The van der Waals surface area contributed by atoms with E-state index in [0.29, 0.717) is 0 Å². The Bertz CT molecular complexity index is 519. The van der Waals surface area contributed by atoms with Crippen molar-refractivity contribution >= 4 is 22.7 Å². The SMILES string of the molecule is COC(=O)CNc1ccc2c(c1)ncn2C. The predicted molar refractivity (Wildman–Crippen MR) is 61.2 cm³/mol. The summed E-state index contributed by atoms with van der Waals surface area (Å²) in [5, 5.41) is 2.97. The molecule has 0 amide bonds. The van der Waals surface area contributed by atoms with Crippen molar-refractivity contribution in [2.45, 2.75) is 0 Å². The third-order valence-electron chi connectivity index (χ3n) is 2.39. The van der Waals surface area contributed by atoms with E-state index in [-0.39, 0.29) is 12.5 Å². The molecule has 0 aliphatic heterocycles. The molecule has 0 fully saturated rings. The van der Waals surface area contributed by atoms with Gasteiger partial charge < -0.3 is 14.6 Å². The van der Waals surface area contributed by atoms with Crippen LogP contribution in [0.3, 0.4) is 0 Å². The standard InChI is InChI=1S/C11H13N3O2/c1-14-7-13-9-5-8(3-4-10(9)14)12-6-11(15)16-2/h3-5,7,12H,6H2,1-2H3. The maximum atomic E-state index is 10.9. The highest BCUT2D eigenvalue weighted by atomic mass is 16.5. The van der Waals surface area contributed by atoms with Gasteiger partial charge in [-0.15, -0.1) is 0 Å². The van der Waals surface area contributed by atoms with Crippen molar-refractivity contribution in [2.24, 2.45) is 7.05 Å². The Morgan fingerprint density at radius 1 is 1.56 bits per heavy atom. The van der Waals surface area contributed by atoms with Gasteiger partial charge in [-0.05, 0) is 18.2 Å². The summed E-state index contributed by atoms with van der Waals surface area (Å²) in [5.74, 6) is -0.291. The first-order chi connectivity index (χ1) is 7.70. The van der Waals surface area contributed by atoms with Gasteiger partial charge in [0.25, 0.3) is 0 Å². The van der Waals surface area contributed by atoms with Gasteiger partial charge in [0.1, 0.15) is 6.54 Å². The fourth-order valence-electron chi connectivity index (χ4n) is 1.49. The van der Waals surface area contributed by atoms with Gasteiger partial charge in [-0.25, -0.2) is 4.98 Å². The number of nitrogens with zero attached hydrogens (tertiary/aromatic N) is 2. The van der Waals surface area contributed by atoms with Gasteiger partial charge in [-0.2, -0.15) is 0 Å². The highest BCUT2D eigenvalue weighted by molar-refractivity contribution is 5.81. The first-order valence-electron chi connectivity index (χ1n) is 4.92. The van der Waals surface area contributed by atoms with Gasteiger partial charge in [-0.1, -0.05) is 0 Å². The monoisotopic (exact) mass is 219 g/mol. The minimum Gasteiger partial charge on any atom is -0.468 e. The van der Waals surface area contributed by atoms with E-state index in [4.69, 9.17) is 0 Å². The highest BCUT2D eigenvalue weighted by Crippen LogP contribution is 2.16. The fourth-order valence-corrected chi connectivity index (χ4v) is 1.49.